The molecule has 3 N–H and O–H groups in total. The van der Waals surface area contributed by atoms with Gasteiger partial charge in [-0.1, -0.05) is 12.1 Å². The zero-order chi connectivity index (χ0) is 19.4. The summed E-state index contributed by atoms with van der Waals surface area (Å²) in [4.78, 5) is 12.0. The number of hydrogen-bond acceptors (Lipinski definition) is 5. The Morgan fingerprint density at radius 3 is 2.74 bits per heavy atom. The molecule has 140 valence electrons. The van der Waals surface area contributed by atoms with Crippen molar-refractivity contribution in [3.8, 4) is 5.69 Å². The zero-order valence-electron chi connectivity index (χ0n) is 14.2. The van der Waals surface area contributed by atoms with Gasteiger partial charge in [-0.25, -0.2) is 18.3 Å². The molecule has 3 aromatic rings. The highest BCUT2D eigenvalue weighted by Crippen LogP contribution is 2.19. The fraction of sp³-hybridized carbons (Fsp3) is 0.176. The van der Waals surface area contributed by atoms with E-state index in [-0.39, 0.29) is 12.1 Å². The van der Waals surface area contributed by atoms with Crippen molar-refractivity contribution in [2.45, 2.75) is 13.0 Å². The Hall–Kier alpha value is -3.40. The minimum absolute atomic E-state index is 0.158. The first-order valence-electron chi connectivity index (χ1n) is 7.96. The Morgan fingerprint density at radius 2 is 2.04 bits per heavy atom. The van der Waals surface area contributed by atoms with Crippen LogP contribution in [0.4, 0.5) is 19.3 Å². The first kappa shape index (κ1) is 18.4. The third-order valence-electron chi connectivity index (χ3n) is 3.85. The van der Waals surface area contributed by atoms with Gasteiger partial charge < -0.3 is 15.7 Å². The van der Waals surface area contributed by atoms with Crippen molar-refractivity contribution < 1.29 is 18.7 Å². The quantitative estimate of drug-likeness (QED) is 0.634. The molecule has 1 unspecified atom stereocenters. The summed E-state index contributed by atoms with van der Waals surface area (Å²) < 4.78 is 27.6. The number of halogens is 2. The van der Waals surface area contributed by atoms with E-state index in [1.807, 2.05) is 6.92 Å². The molecule has 0 aliphatic heterocycles. The first-order valence-corrected chi connectivity index (χ1v) is 7.96. The monoisotopic (exact) mass is 374 g/mol. The van der Waals surface area contributed by atoms with Crippen LogP contribution in [0.15, 0.2) is 42.7 Å². The van der Waals surface area contributed by atoms with Crippen LogP contribution in [0, 0.1) is 18.6 Å². The Morgan fingerprint density at radius 1 is 1.22 bits per heavy atom. The standard InChI is InChI=1S/C17H16F2N6O2/c1-10-2-4-12(7-15(10)25-9-21-23-24-25)22-17(27)20-8-16(26)11-3-5-13(18)14(19)6-11/h2-7,9,16,26H,8H2,1H3,(H2,20,22,27). The lowest BCUT2D eigenvalue weighted by molar-refractivity contribution is 0.174. The number of carbonyl (C=O) groups is 1. The summed E-state index contributed by atoms with van der Waals surface area (Å²) in [5, 5.41) is 26.0. The van der Waals surface area contributed by atoms with Crippen molar-refractivity contribution in [1.29, 1.82) is 0 Å². The lowest BCUT2D eigenvalue weighted by Gasteiger charge is -2.14. The normalized spacial score (nSPS) is 11.9. The molecule has 27 heavy (non-hydrogen) atoms. The molecule has 10 heteroatoms. The summed E-state index contributed by atoms with van der Waals surface area (Å²) in [7, 11) is 0. The fourth-order valence-corrected chi connectivity index (χ4v) is 2.41. The molecule has 0 spiro atoms. The number of aromatic nitrogens is 4. The zero-order valence-corrected chi connectivity index (χ0v) is 14.2. The van der Waals surface area contributed by atoms with Crippen molar-refractivity contribution in [3.05, 3.63) is 65.5 Å². The molecular weight excluding hydrogens is 358 g/mol. The van der Waals surface area contributed by atoms with Crippen molar-refractivity contribution >= 4 is 11.7 Å². The number of nitrogens with zero attached hydrogens (tertiary/aromatic N) is 4. The smallest absolute Gasteiger partial charge is 0.319 e. The molecule has 0 fully saturated rings. The van der Waals surface area contributed by atoms with Crippen LogP contribution in [0.3, 0.4) is 0 Å². The van der Waals surface area contributed by atoms with E-state index in [1.54, 1.807) is 18.2 Å². The largest absolute Gasteiger partial charge is 0.387 e. The number of carbonyl (C=O) groups excluding carboxylic acids is 1. The average Bonchev–Trinajstić information content (AvgIpc) is 3.18. The summed E-state index contributed by atoms with van der Waals surface area (Å²) in [6.07, 6.45) is 0.255. The van der Waals surface area contributed by atoms with Crippen molar-refractivity contribution in [3.63, 3.8) is 0 Å². The molecule has 0 aliphatic carbocycles. The van der Waals surface area contributed by atoms with Crippen molar-refractivity contribution in [1.82, 2.24) is 25.5 Å². The van der Waals surface area contributed by atoms with Gasteiger partial charge in [-0.3, -0.25) is 0 Å². The van der Waals surface area contributed by atoms with Gasteiger partial charge in [0.2, 0.25) is 0 Å². The summed E-state index contributed by atoms with van der Waals surface area (Å²) in [6.45, 7) is 1.70. The number of aliphatic hydroxyl groups excluding tert-OH is 1. The molecular formula is C17H16F2N6O2. The first-order chi connectivity index (χ1) is 12.9. The minimum Gasteiger partial charge on any atom is -0.387 e. The number of hydrogen-bond donors (Lipinski definition) is 3. The average molecular weight is 374 g/mol. The third kappa shape index (κ3) is 4.42. The van der Waals surface area contributed by atoms with Crippen LogP contribution in [0.25, 0.3) is 5.69 Å². The molecule has 1 heterocycles. The third-order valence-corrected chi connectivity index (χ3v) is 3.85. The highest BCUT2D eigenvalue weighted by molar-refractivity contribution is 5.89. The number of tetrazole rings is 1. The van der Waals surface area contributed by atoms with Crippen LogP contribution in [0.5, 0.6) is 0 Å². The van der Waals surface area contributed by atoms with E-state index in [9.17, 15) is 18.7 Å². The Bertz CT molecular complexity index is 949. The lowest BCUT2D eigenvalue weighted by Crippen LogP contribution is -2.32. The molecule has 1 aromatic heterocycles. The Kier molecular flexibility index (Phi) is 5.36. The van der Waals surface area contributed by atoms with Gasteiger partial charge in [-0.05, 0) is 52.7 Å². The van der Waals surface area contributed by atoms with E-state index in [1.165, 1.54) is 17.1 Å². The minimum atomic E-state index is -1.18. The summed E-state index contributed by atoms with van der Waals surface area (Å²) in [6, 6.07) is 7.68. The van der Waals surface area contributed by atoms with Gasteiger partial charge in [0.15, 0.2) is 11.6 Å². The second-order valence-electron chi connectivity index (χ2n) is 5.78. The van der Waals surface area contributed by atoms with E-state index in [0.29, 0.717) is 11.4 Å². The number of anilines is 1. The van der Waals surface area contributed by atoms with Gasteiger partial charge in [0.05, 0.1) is 11.8 Å². The second-order valence-corrected chi connectivity index (χ2v) is 5.78. The summed E-state index contributed by atoms with van der Waals surface area (Å²) in [5.74, 6) is -2.07. The molecule has 1 atom stereocenters. The van der Waals surface area contributed by atoms with Crippen LogP contribution in [0.1, 0.15) is 17.2 Å². The van der Waals surface area contributed by atoms with Gasteiger partial charge in [0.25, 0.3) is 0 Å². The SMILES string of the molecule is Cc1ccc(NC(=O)NCC(O)c2ccc(F)c(F)c2)cc1-n1cnnn1. The molecule has 3 rings (SSSR count). The maximum absolute atomic E-state index is 13.2. The highest BCUT2D eigenvalue weighted by atomic mass is 19.2. The maximum atomic E-state index is 13.2. The molecule has 8 nitrogen and oxygen atoms in total. The Balaban J connectivity index is 1.61. The van der Waals surface area contributed by atoms with Gasteiger partial charge in [0, 0.05) is 12.2 Å². The number of aliphatic hydroxyl groups is 1. The highest BCUT2D eigenvalue weighted by Gasteiger charge is 2.13. The van der Waals surface area contributed by atoms with Crippen molar-refractivity contribution in [2.24, 2.45) is 0 Å². The lowest BCUT2D eigenvalue weighted by atomic mass is 10.1. The molecule has 2 aromatic carbocycles. The van der Waals surface area contributed by atoms with Gasteiger partial charge >= 0.3 is 6.03 Å². The molecule has 0 saturated carbocycles. The summed E-state index contributed by atoms with van der Waals surface area (Å²) >= 11 is 0. The molecule has 0 radical (unpaired) electrons. The molecule has 2 amide bonds. The van der Waals surface area contributed by atoms with E-state index >= 15 is 0 Å². The summed E-state index contributed by atoms with van der Waals surface area (Å²) in [5.41, 5.74) is 2.25. The van der Waals surface area contributed by atoms with Crippen LogP contribution in [-0.2, 0) is 0 Å². The van der Waals surface area contributed by atoms with Gasteiger partial charge in [0.1, 0.15) is 6.33 Å². The van der Waals surface area contributed by atoms with E-state index in [2.05, 4.69) is 26.2 Å². The van der Waals surface area contributed by atoms with E-state index < -0.39 is 23.8 Å². The fourth-order valence-electron chi connectivity index (χ4n) is 2.41. The number of nitrogens with one attached hydrogen (secondary N) is 2. The second kappa shape index (κ2) is 7.87. The van der Waals surface area contributed by atoms with Gasteiger partial charge in [-0.15, -0.1) is 5.10 Å². The van der Waals surface area contributed by atoms with E-state index in [0.717, 1.165) is 17.7 Å². The molecule has 0 bridgehead atoms. The molecule has 0 aliphatic rings. The van der Waals surface area contributed by atoms with E-state index in [4.69, 9.17) is 0 Å². The van der Waals surface area contributed by atoms with Crippen LogP contribution in [-0.4, -0.2) is 37.9 Å². The predicted octanol–water partition coefficient (Wildman–Crippen LogP) is 2.10. The molecule has 0 saturated heterocycles. The predicted molar refractivity (Wildman–Crippen MR) is 92.2 cm³/mol. The van der Waals surface area contributed by atoms with Gasteiger partial charge in [-0.2, -0.15) is 0 Å². The maximum Gasteiger partial charge on any atom is 0.319 e. The number of rotatable bonds is 5. The topological polar surface area (TPSA) is 105 Å². The number of amides is 2. The Labute approximate surface area is 152 Å². The number of urea groups is 1. The van der Waals surface area contributed by atoms with Crippen LogP contribution in [0.2, 0.25) is 0 Å². The van der Waals surface area contributed by atoms with Crippen molar-refractivity contribution in [2.75, 3.05) is 11.9 Å². The van der Waals surface area contributed by atoms with Crippen LogP contribution < -0.4 is 10.6 Å². The number of benzene rings is 2. The number of aryl methyl sites for hydroxylation is 1. The van der Waals surface area contributed by atoms with Crippen LogP contribution >= 0.6 is 0 Å².